The molecule has 6 heteroatoms. The highest BCUT2D eigenvalue weighted by atomic mass is 16.5. The number of ether oxygens (including phenoxy) is 1. The lowest BCUT2D eigenvalue weighted by molar-refractivity contribution is 0.396. The van der Waals surface area contributed by atoms with Crippen LogP contribution < -0.4 is 10.1 Å². The van der Waals surface area contributed by atoms with Crippen molar-refractivity contribution in [3.8, 4) is 5.88 Å². The molecule has 0 amide bonds. The van der Waals surface area contributed by atoms with Crippen LogP contribution in [0.3, 0.4) is 0 Å². The summed E-state index contributed by atoms with van der Waals surface area (Å²) in [6.45, 7) is 0. The van der Waals surface area contributed by atoms with Gasteiger partial charge in [0.15, 0.2) is 5.82 Å². The monoisotopic (exact) mass is 203 g/mol. The van der Waals surface area contributed by atoms with E-state index in [2.05, 4.69) is 25.3 Å². The van der Waals surface area contributed by atoms with Crippen LogP contribution in [0, 0.1) is 0 Å². The van der Waals surface area contributed by atoms with Crippen LogP contribution in [0.15, 0.2) is 31.0 Å². The summed E-state index contributed by atoms with van der Waals surface area (Å²) in [6.07, 6.45) is 7.90. The van der Waals surface area contributed by atoms with Crippen molar-refractivity contribution in [1.82, 2.24) is 19.9 Å². The molecule has 1 N–H and O–H groups in total. The number of anilines is 2. The fourth-order valence-corrected chi connectivity index (χ4v) is 1.00. The normalized spacial score (nSPS) is 9.67. The van der Waals surface area contributed by atoms with Gasteiger partial charge in [-0.1, -0.05) is 0 Å². The van der Waals surface area contributed by atoms with Crippen molar-refractivity contribution >= 4 is 11.6 Å². The number of methoxy groups -OCH3 is 1. The maximum Gasteiger partial charge on any atom is 0.233 e. The predicted octanol–water partition coefficient (Wildman–Crippen LogP) is 1.02. The molecule has 2 rings (SSSR count). The van der Waals surface area contributed by atoms with Gasteiger partial charge in [0.05, 0.1) is 25.7 Å². The Kier molecular flexibility index (Phi) is 2.68. The lowest BCUT2D eigenvalue weighted by atomic mass is 10.6. The molecule has 76 valence electrons. The molecule has 2 heterocycles. The first kappa shape index (κ1) is 9.32. The van der Waals surface area contributed by atoms with Crippen molar-refractivity contribution in [2.75, 3.05) is 12.4 Å². The predicted molar refractivity (Wildman–Crippen MR) is 53.9 cm³/mol. The zero-order valence-corrected chi connectivity index (χ0v) is 8.08. The molecular formula is C9H9N5O. The van der Waals surface area contributed by atoms with Gasteiger partial charge in [-0.3, -0.25) is 9.97 Å². The van der Waals surface area contributed by atoms with Crippen LogP contribution in [0.25, 0.3) is 0 Å². The Bertz CT molecular complexity index is 434. The zero-order valence-electron chi connectivity index (χ0n) is 8.08. The van der Waals surface area contributed by atoms with Gasteiger partial charge in [-0.25, -0.2) is 4.98 Å². The summed E-state index contributed by atoms with van der Waals surface area (Å²) in [5.41, 5.74) is 0. The molecule has 0 aliphatic rings. The van der Waals surface area contributed by atoms with E-state index in [1.54, 1.807) is 24.8 Å². The summed E-state index contributed by atoms with van der Waals surface area (Å²) in [5, 5.41) is 2.95. The Balaban J connectivity index is 2.17. The molecule has 15 heavy (non-hydrogen) atoms. The van der Waals surface area contributed by atoms with Crippen LogP contribution >= 0.6 is 0 Å². The van der Waals surface area contributed by atoms with Crippen molar-refractivity contribution in [1.29, 1.82) is 0 Å². The van der Waals surface area contributed by atoms with Gasteiger partial charge < -0.3 is 10.1 Å². The molecule has 0 fully saturated rings. The molecule has 0 aromatic carbocycles. The van der Waals surface area contributed by atoms with Crippen molar-refractivity contribution in [2.45, 2.75) is 0 Å². The molecule has 0 unspecified atom stereocenters. The number of nitrogens with one attached hydrogen (secondary N) is 1. The van der Waals surface area contributed by atoms with Crippen molar-refractivity contribution < 1.29 is 4.74 Å². The van der Waals surface area contributed by atoms with Crippen LogP contribution in [-0.4, -0.2) is 27.0 Å². The first-order valence-corrected chi connectivity index (χ1v) is 4.27. The second-order valence-electron chi connectivity index (χ2n) is 2.66. The third kappa shape index (κ3) is 2.37. The van der Waals surface area contributed by atoms with E-state index in [1.807, 2.05) is 0 Å². The summed E-state index contributed by atoms with van der Waals surface area (Å²) in [5.74, 6) is 1.62. The highest BCUT2D eigenvalue weighted by Crippen LogP contribution is 2.12. The van der Waals surface area contributed by atoms with Crippen LogP contribution in [-0.2, 0) is 0 Å². The fraction of sp³-hybridized carbons (Fsp3) is 0.111. The average Bonchev–Trinajstić information content (AvgIpc) is 2.31. The molecule has 0 spiro atoms. The maximum absolute atomic E-state index is 4.94. The minimum absolute atomic E-state index is 0.448. The third-order valence-corrected chi connectivity index (χ3v) is 1.64. The van der Waals surface area contributed by atoms with Gasteiger partial charge in [-0.05, 0) is 0 Å². The Morgan fingerprint density at radius 3 is 2.67 bits per heavy atom. The highest BCUT2D eigenvalue weighted by Gasteiger charge is 1.99. The summed E-state index contributed by atoms with van der Waals surface area (Å²) in [6, 6.07) is 0. The van der Waals surface area contributed by atoms with Gasteiger partial charge in [-0.15, -0.1) is 0 Å². The first-order valence-electron chi connectivity index (χ1n) is 4.27. The van der Waals surface area contributed by atoms with Crippen molar-refractivity contribution in [3.05, 3.63) is 31.0 Å². The van der Waals surface area contributed by atoms with Gasteiger partial charge >= 0.3 is 0 Å². The third-order valence-electron chi connectivity index (χ3n) is 1.64. The maximum atomic E-state index is 4.94. The fourth-order valence-electron chi connectivity index (χ4n) is 1.00. The van der Waals surface area contributed by atoms with Gasteiger partial charge in [0, 0.05) is 12.4 Å². The van der Waals surface area contributed by atoms with E-state index < -0.39 is 0 Å². The molecule has 0 bridgehead atoms. The Morgan fingerprint density at radius 1 is 1.07 bits per heavy atom. The molecule has 0 saturated heterocycles. The molecule has 2 aromatic rings. The van der Waals surface area contributed by atoms with E-state index in [0.717, 1.165) is 0 Å². The summed E-state index contributed by atoms with van der Waals surface area (Å²) >= 11 is 0. The molecule has 2 aromatic heterocycles. The van der Waals surface area contributed by atoms with E-state index in [-0.39, 0.29) is 0 Å². The van der Waals surface area contributed by atoms with Gasteiger partial charge in [0.2, 0.25) is 5.88 Å². The van der Waals surface area contributed by atoms with Gasteiger partial charge in [0.25, 0.3) is 0 Å². The van der Waals surface area contributed by atoms with E-state index in [4.69, 9.17) is 4.74 Å². The van der Waals surface area contributed by atoms with E-state index >= 15 is 0 Å². The smallest absolute Gasteiger partial charge is 0.233 e. The first-order chi connectivity index (χ1) is 7.38. The number of aromatic nitrogens is 4. The summed E-state index contributed by atoms with van der Waals surface area (Å²) in [7, 11) is 1.54. The minimum Gasteiger partial charge on any atom is -0.480 e. The molecule has 0 atom stereocenters. The number of hydrogen-bond donors (Lipinski definition) is 1. The number of rotatable bonds is 3. The van der Waals surface area contributed by atoms with Crippen LogP contribution in [0.1, 0.15) is 0 Å². The van der Waals surface area contributed by atoms with Crippen molar-refractivity contribution in [3.63, 3.8) is 0 Å². The van der Waals surface area contributed by atoms with E-state index in [0.29, 0.717) is 17.5 Å². The molecule has 0 saturated carbocycles. The Hall–Kier alpha value is -2.24. The van der Waals surface area contributed by atoms with E-state index in [9.17, 15) is 0 Å². The van der Waals surface area contributed by atoms with Gasteiger partial charge in [-0.2, -0.15) is 4.98 Å². The average molecular weight is 203 g/mol. The largest absolute Gasteiger partial charge is 0.480 e. The van der Waals surface area contributed by atoms with E-state index in [1.165, 1.54) is 13.3 Å². The molecule has 6 nitrogen and oxygen atoms in total. The summed E-state index contributed by atoms with van der Waals surface area (Å²) in [4.78, 5) is 16.0. The quantitative estimate of drug-likeness (QED) is 0.802. The molecule has 0 aliphatic carbocycles. The van der Waals surface area contributed by atoms with Crippen LogP contribution in [0.2, 0.25) is 0 Å². The molecule has 0 aliphatic heterocycles. The minimum atomic E-state index is 0.448. The number of nitrogens with zero attached hydrogens (tertiary/aromatic N) is 4. The number of hydrogen-bond acceptors (Lipinski definition) is 6. The zero-order chi connectivity index (χ0) is 10.5. The molecule has 0 radical (unpaired) electrons. The van der Waals surface area contributed by atoms with Crippen LogP contribution in [0.5, 0.6) is 5.88 Å². The Morgan fingerprint density at radius 2 is 1.93 bits per heavy atom. The SMILES string of the molecule is COc1cncc(Nc2cnccn2)n1. The van der Waals surface area contributed by atoms with Gasteiger partial charge in [0.1, 0.15) is 5.82 Å². The Labute approximate surface area is 86.4 Å². The summed E-state index contributed by atoms with van der Waals surface area (Å²) < 4.78 is 4.94. The second kappa shape index (κ2) is 4.32. The topological polar surface area (TPSA) is 72.8 Å². The second-order valence-corrected chi connectivity index (χ2v) is 2.66. The molecular weight excluding hydrogens is 194 g/mol. The highest BCUT2D eigenvalue weighted by molar-refractivity contribution is 5.49. The van der Waals surface area contributed by atoms with Crippen LogP contribution in [0.4, 0.5) is 11.6 Å². The lowest BCUT2D eigenvalue weighted by Gasteiger charge is -2.04. The standard InChI is InChI=1S/C9H9N5O/c1-15-9-6-11-5-8(14-9)13-7-4-10-2-3-12-7/h2-6H,1H3,(H,12,13,14). The lowest BCUT2D eigenvalue weighted by Crippen LogP contribution is -1.98. The van der Waals surface area contributed by atoms with Crippen molar-refractivity contribution in [2.24, 2.45) is 0 Å².